The smallest absolute Gasteiger partial charge is 0.230 e. The van der Waals surface area contributed by atoms with E-state index >= 15 is 0 Å². The average Bonchev–Trinajstić information content (AvgIpc) is 3.11. The van der Waals surface area contributed by atoms with E-state index in [0.29, 0.717) is 12.5 Å². The second kappa shape index (κ2) is 8.05. The Morgan fingerprint density at radius 2 is 1.96 bits per heavy atom. The van der Waals surface area contributed by atoms with Crippen LogP contribution in [-0.2, 0) is 11.3 Å². The van der Waals surface area contributed by atoms with Crippen molar-refractivity contribution in [2.24, 2.45) is 5.41 Å². The molecule has 3 heterocycles. The van der Waals surface area contributed by atoms with Crippen LogP contribution in [0.4, 0.5) is 0 Å². The van der Waals surface area contributed by atoms with Crippen LogP contribution in [0, 0.1) is 5.41 Å². The fourth-order valence-corrected chi connectivity index (χ4v) is 4.41. The molecule has 4 heteroatoms. The summed E-state index contributed by atoms with van der Waals surface area (Å²) in [6, 6.07) is 14.4. The normalized spacial score (nSPS) is 23.6. The Labute approximate surface area is 161 Å². The van der Waals surface area contributed by atoms with Crippen molar-refractivity contribution in [3.05, 3.63) is 72.1 Å². The van der Waals surface area contributed by atoms with Gasteiger partial charge < -0.3 is 4.90 Å². The number of benzene rings is 1. The summed E-state index contributed by atoms with van der Waals surface area (Å²) < 4.78 is 0. The van der Waals surface area contributed by atoms with Crippen molar-refractivity contribution < 1.29 is 4.79 Å². The average molecular weight is 361 g/mol. The van der Waals surface area contributed by atoms with Crippen molar-refractivity contribution in [2.45, 2.75) is 25.8 Å². The van der Waals surface area contributed by atoms with Crippen LogP contribution >= 0.6 is 0 Å². The van der Waals surface area contributed by atoms with Crippen molar-refractivity contribution in [2.75, 3.05) is 26.2 Å². The minimum absolute atomic E-state index is 0.180. The summed E-state index contributed by atoms with van der Waals surface area (Å²) in [7, 11) is 0. The summed E-state index contributed by atoms with van der Waals surface area (Å²) in [5.74, 6) is 0.340. The first kappa shape index (κ1) is 17.9. The van der Waals surface area contributed by atoms with Gasteiger partial charge >= 0.3 is 0 Å². The molecule has 1 spiro atoms. The molecule has 4 nitrogen and oxygen atoms in total. The van der Waals surface area contributed by atoms with E-state index in [2.05, 4.69) is 52.4 Å². The molecular formula is C23H27N3O. The predicted molar refractivity (Wildman–Crippen MR) is 108 cm³/mol. The van der Waals surface area contributed by atoms with Crippen LogP contribution in [-0.4, -0.2) is 46.9 Å². The van der Waals surface area contributed by atoms with Crippen molar-refractivity contribution >= 4 is 12.0 Å². The summed E-state index contributed by atoms with van der Waals surface area (Å²) in [4.78, 5) is 21.9. The Hall–Kier alpha value is -2.46. The molecule has 1 atom stereocenters. The number of hydrogen-bond donors (Lipinski definition) is 0. The minimum Gasteiger partial charge on any atom is -0.338 e. The highest BCUT2D eigenvalue weighted by Crippen LogP contribution is 2.40. The van der Waals surface area contributed by atoms with Crippen molar-refractivity contribution in [1.82, 2.24) is 14.8 Å². The lowest BCUT2D eigenvalue weighted by Gasteiger charge is -2.39. The van der Waals surface area contributed by atoms with Gasteiger partial charge in [-0.3, -0.25) is 14.7 Å². The van der Waals surface area contributed by atoms with Crippen LogP contribution in [0.1, 0.15) is 30.4 Å². The van der Waals surface area contributed by atoms with Crippen molar-refractivity contribution in [3.8, 4) is 0 Å². The maximum absolute atomic E-state index is 13.3. The molecule has 1 aromatic heterocycles. The third-order valence-corrected chi connectivity index (χ3v) is 5.83. The monoisotopic (exact) mass is 361 g/mol. The number of rotatable bonds is 5. The molecule has 0 N–H and O–H groups in total. The van der Waals surface area contributed by atoms with E-state index in [9.17, 15) is 4.79 Å². The molecule has 27 heavy (non-hydrogen) atoms. The zero-order valence-corrected chi connectivity index (χ0v) is 15.8. The molecule has 0 aliphatic carbocycles. The summed E-state index contributed by atoms with van der Waals surface area (Å²) in [5, 5.41) is 0. The molecule has 2 aliphatic rings. The van der Waals surface area contributed by atoms with Gasteiger partial charge in [-0.1, -0.05) is 48.6 Å². The molecule has 2 aliphatic heterocycles. The van der Waals surface area contributed by atoms with E-state index in [1.54, 1.807) is 6.20 Å². The lowest BCUT2D eigenvalue weighted by atomic mass is 9.78. The lowest BCUT2D eigenvalue weighted by molar-refractivity contribution is -0.146. The van der Waals surface area contributed by atoms with Gasteiger partial charge in [-0.25, -0.2) is 0 Å². The first-order valence-electron chi connectivity index (χ1n) is 9.87. The van der Waals surface area contributed by atoms with Gasteiger partial charge in [0.25, 0.3) is 0 Å². The molecule has 2 fully saturated rings. The van der Waals surface area contributed by atoms with E-state index in [1.807, 2.05) is 23.2 Å². The summed E-state index contributed by atoms with van der Waals surface area (Å²) >= 11 is 0. The quantitative estimate of drug-likeness (QED) is 0.816. The zero-order chi connectivity index (χ0) is 18.5. The number of likely N-dealkylation sites (tertiary alicyclic amines) is 2. The van der Waals surface area contributed by atoms with E-state index in [1.165, 1.54) is 5.56 Å². The number of carbonyl (C=O) groups is 1. The Bertz CT molecular complexity index is 790. The number of amides is 1. The standard InChI is InChI=1S/C23H27N3O/c27-22-23(11-6-15-26(22)18-21-9-4-13-24-17-21)12-16-25(19-23)14-5-10-20-7-2-1-3-8-20/h1-5,7-10,13,17H,6,11-12,14-16,18-19H2/b10-5+/t23-/m1/s1. The first-order chi connectivity index (χ1) is 13.3. The lowest BCUT2D eigenvalue weighted by Crippen LogP contribution is -2.49. The largest absolute Gasteiger partial charge is 0.338 e. The molecule has 2 aromatic rings. The van der Waals surface area contributed by atoms with Gasteiger partial charge in [0.2, 0.25) is 5.91 Å². The van der Waals surface area contributed by atoms with E-state index in [-0.39, 0.29) is 5.41 Å². The fraction of sp³-hybridized carbons (Fsp3) is 0.391. The van der Waals surface area contributed by atoms with E-state index in [0.717, 1.165) is 51.0 Å². The highest BCUT2D eigenvalue weighted by molar-refractivity contribution is 5.84. The molecule has 140 valence electrons. The van der Waals surface area contributed by atoms with Gasteiger partial charge in [0, 0.05) is 38.6 Å². The molecule has 1 amide bonds. The molecule has 0 radical (unpaired) electrons. The van der Waals surface area contributed by atoms with Gasteiger partial charge in [-0.2, -0.15) is 0 Å². The Kier molecular flexibility index (Phi) is 5.35. The molecular weight excluding hydrogens is 334 g/mol. The summed E-state index contributed by atoms with van der Waals surface area (Å²) in [6.45, 7) is 4.35. The van der Waals surface area contributed by atoms with Crippen LogP contribution in [0.25, 0.3) is 6.08 Å². The van der Waals surface area contributed by atoms with Crippen LogP contribution in [0.3, 0.4) is 0 Å². The highest BCUT2D eigenvalue weighted by Gasteiger charge is 2.47. The first-order valence-corrected chi connectivity index (χ1v) is 9.87. The van der Waals surface area contributed by atoms with Crippen molar-refractivity contribution in [3.63, 3.8) is 0 Å². The summed E-state index contributed by atoms with van der Waals surface area (Å²) in [6.07, 6.45) is 11.1. The highest BCUT2D eigenvalue weighted by atomic mass is 16.2. The van der Waals surface area contributed by atoms with Gasteiger partial charge in [-0.05, 0) is 43.0 Å². The van der Waals surface area contributed by atoms with Gasteiger partial charge in [0.1, 0.15) is 0 Å². The number of hydrogen-bond acceptors (Lipinski definition) is 3. The van der Waals surface area contributed by atoms with Gasteiger partial charge in [0.05, 0.1) is 5.41 Å². The Morgan fingerprint density at radius 1 is 1.07 bits per heavy atom. The predicted octanol–water partition coefficient (Wildman–Crippen LogP) is 3.61. The molecule has 1 aromatic carbocycles. The molecule has 0 saturated carbocycles. The Balaban J connectivity index is 1.37. The topological polar surface area (TPSA) is 36.4 Å². The molecule has 0 bridgehead atoms. The van der Waals surface area contributed by atoms with Crippen molar-refractivity contribution in [1.29, 1.82) is 0 Å². The maximum atomic E-state index is 13.3. The van der Waals surface area contributed by atoms with Crippen LogP contribution in [0.15, 0.2) is 60.9 Å². The van der Waals surface area contributed by atoms with Crippen LogP contribution in [0.2, 0.25) is 0 Å². The second-order valence-corrected chi connectivity index (χ2v) is 7.77. The SMILES string of the molecule is O=C1N(Cc2cccnc2)CCC[C@]12CCN(C/C=C/c1ccccc1)C2. The number of piperidine rings is 1. The molecule has 2 saturated heterocycles. The molecule has 0 unspecified atom stereocenters. The second-order valence-electron chi connectivity index (χ2n) is 7.77. The van der Waals surface area contributed by atoms with Crippen LogP contribution in [0.5, 0.6) is 0 Å². The minimum atomic E-state index is -0.180. The fourth-order valence-electron chi connectivity index (χ4n) is 4.41. The number of pyridine rings is 1. The van der Waals surface area contributed by atoms with Gasteiger partial charge in [-0.15, -0.1) is 0 Å². The van der Waals surface area contributed by atoms with Crippen LogP contribution < -0.4 is 0 Å². The third-order valence-electron chi connectivity index (χ3n) is 5.83. The number of carbonyl (C=O) groups excluding carboxylic acids is 1. The number of aromatic nitrogens is 1. The summed E-state index contributed by atoms with van der Waals surface area (Å²) in [5.41, 5.74) is 2.16. The molecule has 4 rings (SSSR count). The van der Waals surface area contributed by atoms with E-state index < -0.39 is 0 Å². The van der Waals surface area contributed by atoms with E-state index in [4.69, 9.17) is 0 Å². The number of nitrogens with zero attached hydrogens (tertiary/aromatic N) is 3. The Morgan fingerprint density at radius 3 is 2.78 bits per heavy atom. The van der Waals surface area contributed by atoms with Gasteiger partial charge in [0.15, 0.2) is 0 Å². The maximum Gasteiger partial charge on any atom is 0.230 e. The third kappa shape index (κ3) is 4.11. The zero-order valence-electron chi connectivity index (χ0n) is 15.8.